The van der Waals surface area contributed by atoms with Gasteiger partial charge in [-0.05, 0) is 48.7 Å². The van der Waals surface area contributed by atoms with Crippen molar-refractivity contribution in [3.05, 3.63) is 75.8 Å². The van der Waals surface area contributed by atoms with Crippen molar-refractivity contribution in [1.29, 1.82) is 0 Å². The molecule has 124 valence electrons. The van der Waals surface area contributed by atoms with Crippen molar-refractivity contribution in [2.24, 2.45) is 0 Å². The average molecular weight is 362 g/mol. The molecule has 1 aliphatic rings. The Balaban J connectivity index is 2.05. The predicted molar refractivity (Wildman–Crippen MR) is 96.7 cm³/mol. The zero-order valence-corrected chi connectivity index (χ0v) is 14.7. The number of nitrogens with zero attached hydrogens (tertiary/aromatic N) is 1. The molecule has 2 aromatic rings. The molecule has 0 spiro atoms. The first-order valence-corrected chi connectivity index (χ1v) is 8.41. The highest BCUT2D eigenvalue weighted by atomic mass is 35.5. The van der Waals surface area contributed by atoms with Crippen LogP contribution in [0.4, 0.5) is 0 Å². The van der Waals surface area contributed by atoms with E-state index in [1.807, 2.05) is 17.9 Å². The van der Waals surface area contributed by atoms with E-state index in [9.17, 15) is 9.90 Å². The molecule has 0 aromatic heterocycles. The summed E-state index contributed by atoms with van der Waals surface area (Å²) in [5.41, 5.74) is 2.35. The van der Waals surface area contributed by atoms with Gasteiger partial charge in [0.05, 0.1) is 22.1 Å². The molecule has 0 saturated heterocycles. The van der Waals surface area contributed by atoms with Gasteiger partial charge in [-0.1, -0.05) is 41.4 Å². The Hall–Kier alpha value is -1.97. The highest BCUT2D eigenvalue weighted by Gasteiger charge is 2.38. The number of phenolic OH excluding ortho intramolecular Hbond substituents is 1. The molecule has 2 unspecified atom stereocenters. The van der Waals surface area contributed by atoms with Crippen LogP contribution >= 0.6 is 23.2 Å². The van der Waals surface area contributed by atoms with Gasteiger partial charge < -0.3 is 10.0 Å². The summed E-state index contributed by atoms with van der Waals surface area (Å²) in [5.74, 6) is -0.0164. The molecule has 2 aromatic carbocycles. The van der Waals surface area contributed by atoms with E-state index in [4.69, 9.17) is 23.2 Å². The van der Waals surface area contributed by atoms with Gasteiger partial charge >= 0.3 is 0 Å². The molecule has 3 rings (SSSR count). The highest BCUT2D eigenvalue weighted by Crippen LogP contribution is 2.42. The van der Waals surface area contributed by atoms with E-state index in [-0.39, 0.29) is 23.7 Å². The lowest BCUT2D eigenvalue weighted by Crippen LogP contribution is -2.31. The van der Waals surface area contributed by atoms with Crippen LogP contribution in [-0.4, -0.2) is 15.9 Å². The van der Waals surface area contributed by atoms with E-state index in [0.29, 0.717) is 22.0 Å². The maximum Gasteiger partial charge on any atom is 0.255 e. The van der Waals surface area contributed by atoms with Crippen molar-refractivity contribution in [3.8, 4) is 5.75 Å². The maximum absolute atomic E-state index is 12.9. The minimum atomic E-state index is -0.200. The van der Waals surface area contributed by atoms with Crippen molar-refractivity contribution < 1.29 is 9.90 Å². The van der Waals surface area contributed by atoms with Crippen molar-refractivity contribution in [2.45, 2.75) is 25.4 Å². The van der Waals surface area contributed by atoms with Gasteiger partial charge in [0.2, 0.25) is 0 Å². The molecule has 1 amide bonds. The third-order valence-electron chi connectivity index (χ3n) is 4.42. The molecule has 1 N–H and O–H groups in total. The summed E-state index contributed by atoms with van der Waals surface area (Å²) in [7, 11) is 0. The SMILES string of the molecule is C=CCC(c1ccc(Cl)c(Cl)c1)N1C(=O)c2cc(O)ccc2C1C. The molecular formula is C19H17Cl2NO2. The smallest absolute Gasteiger partial charge is 0.255 e. The molecule has 2 atom stereocenters. The van der Waals surface area contributed by atoms with Crippen LogP contribution in [0.3, 0.4) is 0 Å². The summed E-state index contributed by atoms with van der Waals surface area (Å²) >= 11 is 12.2. The summed E-state index contributed by atoms with van der Waals surface area (Å²) in [6, 6.07) is 10.0. The third kappa shape index (κ3) is 2.79. The van der Waals surface area contributed by atoms with E-state index in [0.717, 1.165) is 11.1 Å². The fourth-order valence-electron chi connectivity index (χ4n) is 3.26. The molecule has 3 nitrogen and oxygen atoms in total. The number of hydrogen-bond acceptors (Lipinski definition) is 2. The molecule has 24 heavy (non-hydrogen) atoms. The lowest BCUT2D eigenvalue weighted by molar-refractivity contribution is 0.0643. The standard InChI is InChI=1S/C19H17Cl2NO2/c1-3-4-18(12-5-8-16(20)17(21)9-12)22-11(2)14-7-6-13(23)10-15(14)19(22)24/h3,5-11,18,23H,1,4H2,2H3. The third-order valence-corrected chi connectivity index (χ3v) is 5.16. The number of phenols is 1. The Morgan fingerprint density at radius 2 is 2.00 bits per heavy atom. The van der Waals surface area contributed by atoms with Gasteiger partial charge in [-0.15, -0.1) is 6.58 Å². The first-order chi connectivity index (χ1) is 11.4. The predicted octanol–water partition coefficient (Wildman–Crippen LogP) is 5.53. The van der Waals surface area contributed by atoms with Gasteiger partial charge in [-0.3, -0.25) is 4.79 Å². The number of carbonyl (C=O) groups excluding carboxylic acids is 1. The van der Waals surface area contributed by atoms with E-state index in [2.05, 4.69) is 6.58 Å². The van der Waals surface area contributed by atoms with Crippen LogP contribution in [0.25, 0.3) is 0 Å². The normalized spacial score (nSPS) is 17.7. The summed E-state index contributed by atoms with van der Waals surface area (Å²) in [5, 5.41) is 10.6. The van der Waals surface area contributed by atoms with Gasteiger partial charge in [0.15, 0.2) is 0 Å². The van der Waals surface area contributed by atoms with Crippen LogP contribution in [0.5, 0.6) is 5.75 Å². The highest BCUT2D eigenvalue weighted by molar-refractivity contribution is 6.42. The lowest BCUT2D eigenvalue weighted by atomic mass is 10.0. The molecule has 5 heteroatoms. The fourth-order valence-corrected chi connectivity index (χ4v) is 3.56. The number of amides is 1. The van der Waals surface area contributed by atoms with Crippen molar-refractivity contribution in [3.63, 3.8) is 0 Å². The molecule has 0 fully saturated rings. The van der Waals surface area contributed by atoms with E-state index in [1.54, 1.807) is 30.3 Å². The van der Waals surface area contributed by atoms with Crippen LogP contribution < -0.4 is 0 Å². The Bertz CT molecular complexity index is 819. The van der Waals surface area contributed by atoms with Crippen molar-refractivity contribution in [2.75, 3.05) is 0 Å². The van der Waals surface area contributed by atoms with E-state index >= 15 is 0 Å². The Labute approximate surface area is 151 Å². The summed E-state index contributed by atoms with van der Waals surface area (Å²) in [6.45, 7) is 5.79. The summed E-state index contributed by atoms with van der Waals surface area (Å²) in [6.07, 6.45) is 2.38. The zero-order chi connectivity index (χ0) is 17.4. The van der Waals surface area contributed by atoms with Crippen molar-refractivity contribution in [1.82, 2.24) is 4.90 Å². The monoisotopic (exact) mass is 361 g/mol. The van der Waals surface area contributed by atoms with E-state index < -0.39 is 0 Å². The van der Waals surface area contributed by atoms with Crippen LogP contribution in [0.15, 0.2) is 49.1 Å². The van der Waals surface area contributed by atoms with E-state index in [1.165, 1.54) is 6.07 Å². The minimum Gasteiger partial charge on any atom is -0.508 e. The number of halogens is 2. The second-order valence-corrected chi connectivity index (χ2v) is 6.69. The molecule has 0 aliphatic carbocycles. The second kappa shape index (κ2) is 6.50. The number of carbonyl (C=O) groups is 1. The minimum absolute atomic E-state index is 0.0889. The number of benzene rings is 2. The number of aromatic hydroxyl groups is 1. The van der Waals surface area contributed by atoms with Gasteiger partial charge in [0.1, 0.15) is 5.75 Å². The molecule has 0 bridgehead atoms. The van der Waals surface area contributed by atoms with Crippen LogP contribution in [-0.2, 0) is 0 Å². The zero-order valence-electron chi connectivity index (χ0n) is 13.2. The second-order valence-electron chi connectivity index (χ2n) is 5.87. The first kappa shape index (κ1) is 16.9. The molecule has 1 heterocycles. The Morgan fingerprint density at radius 3 is 2.67 bits per heavy atom. The van der Waals surface area contributed by atoms with Crippen molar-refractivity contribution >= 4 is 29.1 Å². The largest absolute Gasteiger partial charge is 0.508 e. The van der Waals surface area contributed by atoms with Gasteiger partial charge in [-0.2, -0.15) is 0 Å². The van der Waals surface area contributed by atoms with Gasteiger partial charge in [0, 0.05) is 5.56 Å². The van der Waals surface area contributed by atoms with Crippen LogP contribution in [0.2, 0.25) is 10.0 Å². The Morgan fingerprint density at radius 1 is 1.25 bits per heavy atom. The lowest BCUT2D eigenvalue weighted by Gasteiger charge is -2.32. The van der Waals surface area contributed by atoms with Crippen LogP contribution in [0, 0.1) is 0 Å². The fraction of sp³-hybridized carbons (Fsp3) is 0.211. The average Bonchev–Trinajstić information content (AvgIpc) is 2.79. The number of hydrogen-bond donors (Lipinski definition) is 1. The number of fused-ring (bicyclic) bond motifs is 1. The Kier molecular flexibility index (Phi) is 4.57. The maximum atomic E-state index is 12.9. The van der Waals surface area contributed by atoms with Gasteiger partial charge in [0.25, 0.3) is 5.91 Å². The molecule has 0 saturated carbocycles. The summed E-state index contributed by atoms with van der Waals surface area (Å²) in [4.78, 5) is 14.7. The quantitative estimate of drug-likeness (QED) is 0.726. The first-order valence-electron chi connectivity index (χ1n) is 7.65. The van der Waals surface area contributed by atoms with Crippen LogP contribution in [0.1, 0.15) is 46.9 Å². The topological polar surface area (TPSA) is 40.5 Å². The van der Waals surface area contributed by atoms with Gasteiger partial charge in [-0.25, -0.2) is 0 Å². The summed E-state index contributed by atoms with van der Waals surface area (Å²) < 4.78 is 0. The number of rotatable bonds is 4. The molecule has 0 radical (unpaired) electrons. The molecule has 1 aliphatic heterocycles. The molecular weight excluding hydrogens is 345 g/mol.